The fraction of sp³-hybridized carbons (Fsp3) is 0.774. The predicted octanol–water partition coefficient (Wildman–Crippen LogP) is 4.63. The lowest BCUT2D eigenvalue weighted by Gasteiger charge is -2.47. The molecule has 3 atom stereocenters. The maximum absolute atomic E-state index is 14.9. The van der Waals surface area contributed by atoms with Gasteiger partial charge in [0.25, 0.3) is 5.92 Å². The van der Waals surface area contributed by atoms with Crippen LogP contribution in [0.25, 0.3) is 0 Å². The topological polar surface area (TPSA) is 78.5 Å². The molecule has 2 saturated heterocycles. The van der Waals surface area contributed by atoms with E-state index in [-0.39, 0.29) is 48.7 Å². The molecule has 2 fully saturated rings. The number of ether oxygens (including phenoxy) is 2. The molecule has 236 valence electrons. The van der Waals surface area contributed by atoms with Gasteiger partial charge < -0.3 is 19.3 Å². The predicted molar refractivity (Wildman–Crippen MR) is 158 cm³/mol. The Hall–Kier alpha value is -2.37. The molecule has 0 radical (unpaired) electrons. The molecule has 1 aromatic heterocycles. The number of carbonyl (C=O) groups is 2. The third kappa shape index (κ3) is 7.22. The van der Waals surface area contributed by atoms with Gasteiger partial charge in [0.15, 0.2) is 0 Å². The highest BCUT2D eigenvalue weighted by atomic mass is 19.3. The molecular weight excluding hydrogens is 544 g/mol. The number of fused-ring (bicyclic) bond motifs is 1. The monoisotopic (exact) mass is 593 g/mol. The number of piperazine rings is 1. The van der Waals surface area contributed by atoms with Crippen LogP contribution in [0.2, 0.25) is 0 Å². The second-order valence-corrected chi connectivity index (χ2v) is 13.9. The lowest BCUT2D eigenvalue weighted by Crippen LogP contribution is -2.64. The fourth-order valence-electron chi connectivity index (χ4n) is 6.23. The van der Waals surface area contributed by atoms with Crippen molar-refractivity contribution in [3.63, 3.8) is 0 Å². The number of pyridine rings is 1. The Bertz CT molecular complexity index is 1140. The Morgan fingerprint density at radius 1 is 1.14 bits per heavy atom. The summed E-state index contributed by atoms with van der Waals surface area (Å²) in [7, 11) is 0. The minimum atomic E-state index is -3.01. The second-order valence-electron chi connectivity index (χ2n) is 13.9. The third-order valence-electron chi connectivity index (χ3n) is 8.51. The van der Waals surface area contributed by atoms with Crippen molar-refractivity contribution >= 4 is 17.7 Å². The summed E-state index contributed by atoms with van der Waals surface area (Å²) in [6, 6.07) is 1.38. The molecule has 0 bridgehead atoms. The summed E-state index contributed by atoms with van der Waals surface area (Å²) in [5.41, 5.74) is -0.104. The quantitative estimate of drug-likeness (QED) is 0.456. The smallest absolute Gasteiger partial charge is 0.410 e. The van der Waals surface area contributed by atoms with Crippen molar-refractivity contribution in [1.29, 1.82) is 0 Å². The molecule has 0 saturated carbocycles. The van der Waals surface area contributed by atoms with Crippen LogP contribution in [0, 0.1) is 0 Å². The lowest BCUT2D eigenvalue weighted by atomic mass is 9.91. The number of carbonyl (C=O) groups excluding carboxylic acids is 2. The summed E-state index contributed by atoms with van der Waals surface area (Å²) in [6.07, 6.45) is 0.977. The molecule has 0 N–H and O–H groups in total. The van der Waals surface area contributed by atoms with Gasteiger partial charge in [0.1, 0.15) is 5.60 Å². The number of amides is 2. The van der Waals surface area contributed by atoms with E-state index in [4.69, 9.17) is 9.47 Å². The number of alkyl halides is 2. The maximum atomic E-state index is 14.9. The van der Waals surface area contributed by atoms with Crippen LogP contribution in [-0.2, 0) is 25.6 Å². The van der Waals surface area contributed by atoms with Gasteiger partial charge in [-0.3, -0.25) is 19.6 Å². The Labute approximate surface area is 249 Å². The van der Waals surface area contributed by atoms with Crippen LogP contribution < -0.4 is 4.90 Å². The minimum absolute atomic E-state index is 0.112. The Balaban J connectivity index is 1.58. The summed E-state index contributed by atoms with van der Waals surface area (Å²) in [4.78, 5) is 39.5. The molecule has 3 aliphatic rings. The van der Waals surface area contributed by atoms with E-state index in [1.807, 2.05) is 41.5 Å². The summed E-state index contributed by atoms with van der Waals surface area (Å²) >= 11 is 0. The van der Waals surface area contributed by atoms with Crippen molar-refractivity contribution in [1.82, 2.24) is 19.7 Å². The molecule has 0 spiro atoms. The first-order valence-electron chi connectivity index (χ1n) is 15.3. The number of halogens is 2. The van der Waals surface area contributed by atoms with E-state index in [1.165, 1.54) is 12.3 Å². The molecule has 11 heteroatoms. The van der Waals surface area contributed by atoms with Crippen molar-refractivity contribution < 1.29 is 27.8 Å². The summed E-state index contributed by atoms with van der Waals surface area (Å²) in [6.45, 7) is 19.5. The largest absolute Gasteiger partial charge is 0.444 e. The van der Waals surface area contributed by atoms with E-state index < -0.39 is 16.9 Å². The summed E-state index contributed by atoms with van der Waals surface area (Å²) in [5, 5.41) is 0. The Morgan fingerprint density at radius 3 is 2.50 bits per heavy atom. The molecule has 0 aliphatic carbocycles. The highest BCUT2D eigenvalue weighted by Gasteiger charge is 2.44. The number of nitrogens with zero attached hydrogens (tertiary/aromatic N) is 5. The Morgan fingerprint density at radius 2 is 1.86 bits per heavy atom. The fourth-order valence-corrected chi connectivity index (χ4v) is 6.23. The molecule has 1 aromatic rings. The van der Waals surface area contributed by atoms with Crippen molar-refractivity contribution in [3.8, 4) is 0 Å². The van der Waals surface area contributed by atoms with Crippen molar-refractivity contribution in [2.75, 3.05) is 57.4 Å². The van der Waals surface area contributed by atoms with Crippen LogP contribution in [0.1, 0.15) is 79.5 Å². The zero-order valence-corrected chi connectivity index (χ0v) is 26.6. The van der Waals surface area contributed by atoms with Crippen molar-refractivity contribution in [2.24, 2.45) is 0 Å². The van der Waals surface area contributed by atoms with Gasteiger partial charge in [-0.15, -0.1) is 0 Å². The van der Waals surface area contributed by atoms with E-state index in [1.54, 1.807) is 16.7 Å². The minimum Gasteiger partial charge on any atom is -0.444 e. The summed E-state index contributed by atoms with van der Waals surface area (Å²) < 4.78 is 41.1. The van der Waals surface area contributed by atoms with Gasteiger partial charge in [0, 0.05) is 74.4 Å². The van der Waals surface area contributed by atoms with Gasteiger partial charge in [0.2, 0.25) is 5.91 Å². The summed E-state index contributed by atoms with van der Waals surface area (Å²) in [5.74, 6) is -3.16. The SMILES string of the molecule is CCCC(F)(F)c1cnc2c(c1)N(C(=O)CN1C[C@@H](C)N(C(=O)OC(C)(C)C)CC1CN1CCOC[C@H]1C)CC2(C)C. The number of anilines is 1. The first-order valence-corrected chi connectivity index (χ1v) is 15.3. The van der Waals surface area contributed by atoms with Gasteiger partial charge in [-0.05, 0) is 40.7 Å². The number of morpholine rings is 1. The molecule has 3 aliphatic heterocycles. The molecule has 42 heavy (non-hydrogen) atoms. The van der Waals surface area contributed by atoms with Gasteiger partial charge >= 0.3 is 6.09 Å². The second kappa shape index (κ2) is 12.3. The average molecular weight is 594 g/mol. The number of hydrogen-bond acceptors (Lipinski definition) is 7. The molecule has 1 unspecified atom stereocenters. The molecule has 4 rings (SSSR count). The van der Waals surface area contributed by atoms with E-state index in [0.29, 0.717) is 57.2 Å². The van der Waals surface area contributed by atoms with Gasteiger partial charge in [-0.25, -0.2) is 13.6 Å². The zero-order chi connectivity index (χ0) is 31.0. The number of hydrogen-bond donors (Lipinski definition) is 0. The van der Waals surface area contributed by atoms with E-state index >= 15 is 0 Å². The lowest BCUT2D eigenvalue weighted by molar-refractivity contribution is -0.121. The van der Waals surface area contributed by atoms with Crippen LogP contribution >= 0.6 is 0 Å². The molecular formula is C31H49F2N5O4. The third-order valence-corrected chi connectivity index (χ3v) is 8.51. The molecule has 0 aromatic carbocycles. The average Bonchev–Trinajstić information content (AvgIpc) is 3.16. The zero-order valence-electron chi connectivity index (χ0n) is 26.6. The van der Waals surface area contributed by atoms with Gasteiger partial charge in [0.05, 0.1) is 31.1 Å². The van der Waals surface area contributed by atoms with Crippen molar-refractivity contribution in [3.05, 3.63) is 23.5 Å². The molecule has 2 amide bonds. The molecule has 9 nitrogen and oxygen atoms in total. The standard InChI is InChI=1S/C31H49F2N5O4/c1-9-10-31(32,33)23-13-25-27(34-14-23)30(7,8)20-38(25)26(39)18-36-15-21(2)37(28(40)42-29(4,5)6)17-24(36)16-35-11-12-41-19-22(35)3/h13-14,21-22,24H,9-12,15-20H2,1-8H3/t21-,22-,24?/m1/s1. The highest BCUT2D eigenvalue weighted by molar-refractivity contribution is 5.97. The maximum Gasteiger partial charge on any atom is 0.410 e. The van der Waals surface area contributed by atoms with Crippen molar-refractivity contribution in [2.45, 2.75) is 103 Å². The van der Waals surface area contributed by atoms with Gasteiger partial charge in [-0.2, -0.15) is 0 Å². The van der Waals surface area contributed by atoms with E-state index in [0.717, 1.165) is 6.54 Å². The Kier molecular flexibility index (Phi) is 9.55. The van der Waals surface area contributed by atoms with Crippen LogP contribution in [-0.4, -0.2) is 108 Å². The number of rotatable bonds is 7. The normalized spacial score (nSPS) is 25.4. The van der Waals surface area contributed by atoms with Crippen LogP contribution in [0.5, 0.6) is 0 Å². The van der Waals surface area contributed by atoms with Gasteiger partial charge in [-0.1, -0.05) is 27.2 Å². The van der Waals surface area contributed by atoms with Crippen LogP contribution in [0.4, 0.5) is 19.3 Å². The number of aromatic nitrogens is 1. The highest BCUT2D eigenvalue weighted by Crippen LogP contribution is 2.43. The van der Waals surface area contributed by atoms with E-state index in [2.05, 4.69) is 21.7 Å². The first-order chi connectivity index (χ1) is 19.5. The van der Waals surface area contributed by atoms with Crippen LogP contribution in [0.15, 0.2) is 12.3 Å². The van der Waals surface area contributed by atoms with Crippen LogP contribution in [0.3, 0.4) is 0 Å². The van der Waals surface area contributed by atoms with E-state index in [9.17, 15) is 18.4 Å². The molecule has 4 heterocycles. The first kappa shape index (κ1) is 32.5.